The number of likely N-dealkylation sites (tertiary alicyclic amines) is 1. The lowest BCUT2D eigenvalue weighted by molar-refractivity contribution is 0.160. The van der Waals surface area contributed by atoms with Crippen LogP contribution in [0.2, 0.25) is 5.02 Å². The molecule has 3 aromatic rings. The molecule has 1 spiro atoms. The van der Waals surface area contributed by atoms with E-state index in [0.717, 1.165) is 43.1 Å². The van der Waals surface area contributed by atoms with E-state index in [0.29, 0.717) is 17.1 Å². The van der Waals surface area contributed by atoms with Gasteiger partial charge < -0.3 is 14.6 Å². The van der Waals surface area contributed by atoms with E-state index < -0.39 is 0 Å². The maximum Gasteiger partial charge on any atom is 0.129 e. The minimum Gasteiger partial charge on any atom is -0.497 e. The Kier molecular flexibility index (Phi) is 4.52. The second-order valence-electron chi connectivity index (χ2n) is 7.83. The monoisotopic (exact) mass is 411 g/mol. The first kappa shape index (κ1) is 18.5. The number of nitrogens with one attached hydrogen (secondary N) is 1. The van der Waals surface area contributed by atoms with Crippen LogP contribution in [0.4, 0.5) is 10.1 Å². The first-order valence-electron chi connectivity index (χ1n) is 9.89. The fourth-order valence-electron chi connectivity index (χ4n) is 4.64. The van der Waals surface area contributed by atoms with Crippen LogP contribution in [0.3, 0.4) is 0 Å². The van der Waals surface area contributed by atoms with Crippen LogP contribution in [0, 0.1) is 5.82 Å². The smallest absolute Gasteiger partial charge is 0.129 e. The molecule has 5 rings (SSSR count). The van der Waals surface area contributed by atoms with Crippen molar-refractivity contribution in [3.05, 3.63) is 76.8 Å². The Bertz CT molecular complexity index is 1040. The summed E-state index contributed by atoms with van der Waals surface area (Å²) in [7, 11) is 1.69. The van der Waals surface area contributed by atoms with Gasteiger partial charge in [0.25, 0.3) is 0 Å². The van der Waals surface area contributed by atoms with Gasteiger partial charge in [-0.15, -0.1) is 0 Å². The number of hydrogen-bond acceptors (Lipinski definition) is 3. The van der Waals surface area contributed by atoms with Crippen molar-refractivity contribution >= 4 is 17.3 Å². The molecule has 1 aromatic heterocycles. The van der Waals surface area contributed by atoms with E-state index in [1.807, 2.05) is 6.07 Å². The average molecular weight is 412 g/mol. The molecule has 6 heteroatoms. The molecule has 2 aliphatic rings. The van der Waals surface area contributed by atoms with Crippen molar-refractivity contribution in [2.45, 2.75) is 24.9 Å². The predicted octanol–water partition coefficient (Wildman–Crippen LogP) is 5.20. The van der Waals surface area contributed by atoms with Crippen molar-refractivity contribution in [3.8, 4) is 11.4 Å². The summed E-state index contributed by atoms with van der Waals surface area (Å²) in [6, 6.07) is 15.3. The molecule has 150 valence electrons. The fraction of sp³-hybridized carbons (Fsp3) is 0.304. The number of nitrogens with zero attached hydrogens (tertiary/aromatic N) is 2. The third-order valence-corrected chi connectivity index (χ3v) is 6.58. The van der Waals surface area contributed by atoms with Gasteiger partial charge in [0.15, 0.2) is 0 Å². The molecular formula is C23H23ClFN3O. The summed E-state index contributed by atoms with van der Waals surface area (Å²) in [6.07, 6.45) is 3.98. The summed E-state index contributed by atoms with van der Waals surface area (Å²) < 4.78 is 21.9. The van der Waals surface area contributed by atoms with Gasteiger partial charge >= 0.3 is 0 Å². The Morgan fingerprint density at radius 3 is 2.72 bits per heavy atom. The molecule has 0 bridgehead atoms. The van der Waals surface area contributed by atoms with E-state index in [2.05, 4.69) is 45.2 Å². The van der Waals surface area contributed by atoms with Gasteiger partial charge in [0.1, 0.15) is 11.6 Å². The molecule has 3 heterocycles. The second kappa shape index (κ2) is 7.08. The summed E-state index contributed by atoms with van der Waals surface area (Å²) in [5.41, 5.74) is 3.94. The van der Waals surface area contributed by atoms with Crippen LogP contribution in [-0.2, 0) is 12.1 Å². The number of fused-ring (bicyclic) bond motifs is 4. The first-order valence-corrected chi connectivity index (χ1v) is 10.3. The Hall–Kier alpha value is -2.50. The van der Waals surface area contributed by atoms with Crippen LogP contribution in [0.25, 0.3) is 5.69 Å². The Balaban J connectivity index is 1.40. The molecule has 1 N–H and O–H groups in total. The summed E-state index contributed by atoms with van der Waals surface area (Å²) in [6.45, 7) is 2.26. The van der Waals surface area contributed by atoms with E-state index >= 15 is 0 Å². The molecule has 2 aromatic carbocycles. The fourth-order valence-corrected chi connectivity index (χ4v) is 4.86. The summed E-state index contributed by atoms with van der Waals surface area (Å²) in [5, 5.41) is 4.31. The number of aromatic nitrogens is 1. The number of benzene rings is 2. The van der Waals surface area contributed by atoms with E-state index in [1.165, 1.54) is 11.8 Å². The van der Waals surface area contributed by atoms with Crippen LogP contribution in [-0.4, -0.2) is 29.7 Å². The largest absolute Gasteiger partial charge is 0.497 e. The van der Waals surface area contributed by atoms with Gasteiger partial charge in [-0.2, -0.15) is 0 Å². The van der Waals surface area contributed by atoms with Crippen LogP contribution in [0.1, 0.15) is 24.1 Å². The first-order chi connectivity index (χ1) is 14.1. The van der Waals surface area contributed by atoms with Gasteiger partial charge in [-0.25, -0.2) is 4.39 Å². The minimum absolute atomic E-state index is 0.140. The summed E-state index contributed by atoms with van der Waals surface area (Å²) >= 11 is 6.23. The Labute approximate surface area is 174 Å². The maximum atomic E-state index is 14.2. The van der Waals surface area contributed by atoms with Crippen molar-refractivity contribution in [1.29, 1.82) is 0 Å². The maximum absolute atomic E-state index is 14.2. The number of rotatable bonds is 3. The Morgan fingerprint density at radius 1 is 1.14 bits per heavy atom. The predicted molar refractivity (Wildman–Crippen MR) is 114 cm³/mol. The summed E-state index contributed by atoms with van der Waals surface area (Å²) in [5.74, 6) is 0.608. The normalized spacial score (nSPS) is 17.5. The van der Waals surface area contributed by atoms with Crippen LogP contribution in [0.5, 0.6) is 5.75 Å². The second-order valence-corrected chi connectivity index (χ2v) is 8.24. The van der Waals surface area contributed by atoms with Gasteiger partial charge in [0, 0.05) is 48.2 Å². The highest BCUT2D eigenvalue weighted by molar-refractivity contribution is 6.31. The zero-order valence-electron chi connectivity index (χ0n) is 16.3. The molecule has 0 unspecified atom stereocenters. The lowest BCUT2D eigenvalue weighted by Gasteiger charge is -2.46. The number of methoxy groups -OCH3 is 1. The van der Waals surface area contributed by atoms with Crippen LogP contribution >= 0.6 is 11.6 Å². The molecule has 0 atom stereocenters. The van der Waals surface area contributed by atoms with E-state index in [1.54, 1.807) is 19.2 Å². The van der Waals surface area contributed by atoms with Crippen LogP contribution in [0.15, 0.2) is 54.7 Å². The number of piperidine rings is 1. The van der Waals surface area contributed by atoms with Gasteiger partial charge in [-0.05, 0) is 49.2 Å². The number of anilines is 1. The highest BCUT2D eigenvalue weighted by atomic mass is 35.5. The van der Waals surface area contributed by atoms with E-state index in [4.69, 9.17) is 16.3 Å². The van der Waals surface area contributed by atoms with E-state index in [-0.39, 0.29) is 11.4 Å². The molecule has 0 radical (unpaired) electrons. The minimum atomic E-state index is -0.233. The van der Waals surface area contributed by atoms with Gasteiger partial charge in [0.05, 0.1) is 24.0 Å². The molecule has 29 heavy (non-hydrogen) atoms. The zero-order chi connectivity index (χ0) is 20.0. The molecule has 2 aliphatic heterocycles. The SMILES string of the molecule is COc1ccc2c(c1)NC1(CCN(Cc3c(F)cccc3Cl)CC1)c1cccn1-2. The molecule has 0 aliphatic carbocycles. The topological polar surface area (TPSA) is 29.4 Å². The van der Waals surface area contributed by atoms with Crippen molar-refractivity contribution in [1.82, 2.24) is 9.47 Å². The third-order valence-electron chi connectivity index (χ3n) is 6.23. The molecular weight excluding hydrogens is 389 g/mol. The molecule has 0 amide bonds. The number of hydrogen-bond donors (Lipinski definition) is 1. The van der Waals surface area contributed by atoms with Crippen molar-refractivity contribution < 1.29 is 9.13 Å². The number of halogens is 2. The quantitative estimate of drug-likeness (QED) is 0.642. The standard InChI is InChI=1S/C23H23ClFN3O/c1-29-16-7-8-21-20(14-16)26-23(22-6-3-11-28(21)22)9-12-27(13-10-23)15-17-18(24)4-2-5-19(17)25/h2-8,11,14,26H,9-10,12-13,15H2,1H3. The summed E-state index contributed by atoms with van der Waals surface area (Å²) in [4.78, 5) is 2.28. The van der Waals surface area contributed by atoms with Crippen molar-refractivity contribution in [3.63, 3.8) is 0 Å². The highest BCUT2D eigenvalue weighted by Crippen LogP contribution is 2.44. The van der Waals surface area contributed by atoms with Gasteiger partial charge in [-0.3, -0.25) is 4.90 Å². The van der Waals surface area contributed by atoms with Gasteiger partial charge in [0.2, 0.25) is 0 Å². The van der Waals surface area contributed by atoms with Crippen molar-refractivity contribution in [2.75, 3.05) is 25.5 Å². The number of ether oxygens (including phenoxy) is 1. The van der Waals surface area contributed by atoms with Crippen molar-refractivity contribution in [2.24, 2.45) is 0 Å². The molecule has 1 saturated heterocycles. The van der Waals surface area contributed by atoms with Crippen LogP contribution < -0.4 is 10.1 Å². The highest BCUT2D eigenvalue weighted by Gasteiger charge is 2.41. The third kappa shape index (κ3) is 3.09. The lowest BCUT2D eigenvalue weighted by atomic mass is 9.82. The Morgan fingerprint density at radius 2 is 1.97 bits per heavy atom. The van der Waals surface area contributed by atoms with E-state index in [9.17, 15) is 4.39 Å². The molecule has 0 saturated carbocycles. The lowest BCUT2D eigenvalue weighted by Crippen LogP contribution is -2.49. The zero-order valence-corrected chi connectivity index (χ0v) is 17.0. The average Bonchev–Trinajstić information content (AvgIpc) is 3.23. The van der Waals surface area contributed by atoms with Gasteiger partial charge in [-0.1, -0.05) is 17.7 Å². The molecule has 1 fully saturated rings. The molecule has 4 nitrogen and oxygen atoms in total.